The lowest BCUT2D eigenvalue weighted by molar-refractivity contribution is -0.178. The lowest BCUT2D eigenvalue weighted by atomic mass is 9.92. The van der Waals surface area contributed by atoms with Gasteiger partial charge in [0.2, 0.25) is 0 Å². The number of hydrogen-bond donors (Lipinski definition) is 0. The number of aromatic nitrogens is 1. The van der Waals surface area contributed by atoms with Crippen molar-refractivity contribution in [3.05, 3.63) is 60.2 Å². The van der Waals surface area contributed by atoms with Crippen molar-refractivity contribution in [3.8, 4) is 11.3 Å². The molecule has 0 saturated heterocycles. The third-order valence-electron chi connectivity index (χ3n) is 4.25. The Hall–Kier alpha value is -2.76. The molecule has 1 aromatic heterocycles. The zero-order chi connectivity index (χ0) is 18.2. The van der Waals surface area contributed by atoms with Gasteiger partial charge in [0, 0.05) is 23.5 Å². The van der Waals surface area contributed by atoms with E-state index in [1.54, 1.807) is 66.2 Å². The predicted molar refractivity (Wildman–Crippen MR) is 89.2 cm³/mol. The Labute approximate surface area is 142 Å². The molecule has 0 aliphatic carbocycles. The number of benzene rings is 2. The second-order valence-electron chi connectivity index (χ2n) is 5.70. The third-order valence-corrected chi connectivity index (χ3v) is 4.25. The number of para-hydroxylation sites is 1. The van der Waals surface area contributed by atoms with E-state index in [2.05, 4.69) is 4.74 Å². The molecule has 1 heterocycles. The summed E-state index contributed by atoms with van der Waals surface area (Å²) in [6, 6.07) is 15.5. The fraction of sp³-hybridized carbons (Fsp3) is 0.211. The minimum absolute atomic E-state index is 0.0800. The topological polar surface area (TPSA) is 31.2 Å². The first kappa shape index (κ1) is 17.1. The zero-order valence-electron chi connectivity index (χ0n) is 13.7. The number of carbonyl (C=O) groups is 1. The Kier molecular flexibility index (Phi) is 4.29. The maximum Gasteiger partial charge on any atom is 0.406 e. The van der Waals surface area contributed by atoms with Crippen molar-refractivity contribution in [2.45, 2.75) is 12.1 Å². The summed E-state index contributed by atoms with van der Waals surface area (Å²) in [5.74, 6) is -3.67. The molecule has 0 bridgehead atoms. The molecular formula is C19H16F3NO2. The number of rotatable bonds is 3. The van der Waals surface area contributed by atoms with Crippen LogP contribution in [-0.4, -0.2) is 23.8 Å². The highest BCUT2D eigenvalue weighted by molar-refractivity contribution is 5.97. The first-order valence-electron chi connectivity index (χ1n) is 7.63. The quantitative estimate of drug-likeness (QED) is 0.645. The number of halogens is 3. The number of aryl methyl sites for hydroxylation is 1. The summed E-state index contributed by atoms with van der Waals surface area (Å²) < 4.78 is 47.5. The number of alkyl halides is 3. The SMILES string of the molecule is COC(=O)C(c1c(-c2ccccc2)n(C)c2ccccc12)C(F)(F)F. The van der Waals surface area contributed by atoms with Gasteiger partial charge in [-0.2, -0.15) is 13.2 Å². The predicted octanol–water partition coefficient (Wildman–Crippen LogP) is 4.66. The standard InChI is InChI=1S/C19H16F3NO2/c1-23-14-11-7-6-10-13(14)15(16(18(24)25-2)19(20,21)22)17(23)12-8-4-3-5-9-12/h3-11,16H,1-2H3. The van der Waals surface area contributed by atoms with Gasteiger partial charge in [-0.15, -0.1) is 0 Å². The molecule has 0 fully saturated rings. The third kappa shape index (κ3) is 2.88. The first-order valence-corrected chi connectivity index (χ1v) is 7.63. The van der Waals surface area contributed by atoms with Gasteiger partial charge in [0.25, 0.3) is 0 Å². The molecule has 3 aromatic rings. The van der Waals surface area contributed by atoms with Crippen LogP contribution >= 0.6 is 0 Å². The average Bonchev–Trinajstić information content (AvgIpc) is 2.87. The Morgan fingerprint density at radius 1 is 1.04 bits per heavy atom. The number of esters is 1. The van der Waals surface area contributed by atoms with E-state index in [1.807, 2.05) is 0 Å². The second kappa shape index (κ2) is 6.27. The van der Waals surface area contributed by atoms with Gasteiger partial charge in [0.15, 0.2) is 5.92 Å². The highest BCUT2D eigenvalue weighted by Gasteiger charge is 2.49. The number of methoxy groups -OCH3 is 1. The summed E-state index contributed by atoms with van der Waals surface area (Å²) in [6.07, 6.45) is -4.76. The van der Waals surface area contributed by atoms with Gasteiger partial charge in [0.05, 0.1) is 12.8 Å². The van der Waals surface area contributed by atoms with Crippen LogP contribution in [-0.2, 0) is 16.6 Å². The van der Waals surface area contributed by atoms with E-state index in [0.29, 0.717) is 22.2 Å². The van der Waals surface area contributed by atoms with Crippen LogP contribution in [0.4, 0.5) is 13.2 Å². The number of carbonyl (C=O) groups excluding carboxylic acids is 1. The molecule has 0 aliphatic rings. The zero-order valence-corrected chi connectivity index (χ0v) is 13.7. The Balaban J connectivity index is 2.42. The van der Waals surface area contributed by atoms with Gasteiger partial charge in [-0.25, -0.2) is 0 Å². The molecule has 130 valence electrons. The summed E-state index contributed by atoms with van der Waals surface area (Å²) >= 11 is 0. The molecule has 0 aliphatic heterocycles. The fourth-order valence-electron chi connectivity index (χ4n) is 3.19. The highest BCUT2D eigenvalue weighted by atomic mass is 19.4. The van der Waals surface area contributed by atoms with Crippen molar-refractivity contribution in [1.82, 2.24) is 4.57 Å². The van der Waals surface area contributed by atoms with Gasteiger partial charge >= 0.3 is 12.1 Å². The molecular weight excluding hydrogens is 331 g/mol. The molecule has 0 N–H and O–H groups in total. The average molecular weight is 347 g/mol. The maximum atomic E-state index is 13.8. The van der Waals surface area contributed by atoms with Crippen LogP contribution in [0.25, 0.3) is 22.2 Å². The molecule has 0 amide bonds. The number of hydrogen-bond acceptors (Lipinski definition) is 2. The minimum atomic E-state index is -4.76. The molecule has 0 spiro atoms. The van der Waals surface area contributed by atoms with Gasteiger partial charge in [0.1, 0.15) is 0 Å². The highest BCUT2D eigenvalue weighted by Crippen LogP contribution is 2.45. The number of fused-ring (bicyclic) bond motifs is 1. The van der Waals surface area contributed by atoms with E-state index in [0.717, 1.165) is 7.11 Å². The van der Waals surface area contributed by atoms with Gasteiger partial charge in [-0.3, -0.25) is 4.79 Å². The smallest absolute Gasteiger partial charge is 0.406 e. The van der Waals surface area contributed by atoms with Crippen LogP contribution in [0.15, 0.2) is 54.6 Å². The lowest BCUT2D eigenvalue weighted by Crippen LogP contribution is -2.30. The molecule has 1 unspecified atom stereocenters. The van der Waals surface area contributed by atoms with Crippen LogP contribution in [0.2, 0.25) is 0 Å². The molecule has 1 atom stereocenters. The lowest BCUT2D eigenvalue weighted by Gasteiger charge is -2.20. The van der Waals surface area contributed by atoms with Crippen molar-refractivity contribution in [3.63, 3.8) is 0 Å². The van der Waals surface area contributed by atoms with Crippen LogP contribution in [0.1, 0.15) is 11.5 Å². The minimum Gasteiger partial charge on any atom is -0.468 e. The molecule has 2 aromatic carbocycles. The molecule has 3 nitrogen and oxygen atoms in total. The van der Waals surface area contributed by atoms with E-state index in [9.17, 15) is 18.0 Å². The maximum absolute atomic E-state index is 13.8. The Bertz CT molecular complexity index is 914. The first-order chi connectivity index (χ1) is 11.9. The fourth-order valence-corrected chi connectivity index (χ4v) is 3.19. The van der Waals surface area contributed by atoms with Gasteiger partial charge < -0.3 is 9.30 Å². The number of nitrogens with zero attached hydrogens (tertiary/aromatic N) is 1. The van der Waals surface area contributed by atoms with E-state index >= 15 is 0 Å². The molecule has 0 saturated carbocycles. The van der Waals surface area contributed by atoms with Gasteiger partial charge in [-0.05, 0) is 11.6 Å². The monoisotopic (exact) mass is 347 g/mol. The normalized spacial score (nSPS) is 13.0. The van der Waals surface area contributed by atoms with Crippen molar-refractivity contribution >= 4 is 16.9 Å². The molecule has 6 heteroatoms. The summed E-state index contributed by atoms with van der Waals surface area (Å²) in [4.78, 5) is 12.0. The van der Waals surface area contributed by atoms with Crippen LogP contribution < -0.4 is 0 Å². The molecule has 3 rings (SSSR count). The van der Waals surface area contributed by atoms with Gasteiger partial charge in [-0.1, -0.05) is 48.5 Å². The van der Waals surface area contributed by atoms with Crippen molar-refractivity contribution in [2.24, 2.45) is 7.05 Å². The second-order valence-corrected chi connectivity index (χ2v) is 5.70. The summed E-state index contributed by atoms with van der Waals surface area (Å²) in [7, 11) is 2.66. The van der Waals surface area contributed by atoms with Crippen LogP contribution in [0.5, 0.6) is 0 Å². The van der Waals surface area contributed by atoms with Crippen LogP contribution in [0, 0.1) is 0 Å². The Morgan fingerprint density at radius 3 is 2.24 bits per heavy atom. The van der Waals surface area contributed by atoms with E-state index < -0.39 is 18.1 Å². The summed E-state index contributed by atoms with van der Waals surface area (Å²) in [5.41, 5.74) is 1.50. The van der Waals surface area contributed by atoms with Crippen molar-refractivity contribution in [1.29, 1.82) is 0 Å². The molecule has 25 heavy (non-hydrogen) atoms. The van der Waals surface area contributed by atoms with Crippen LogP contribution in [0.3, 0.4) is 0 Å². The van der Waals surface area contributed by atoms with E-state index in [-0.39, 0.29) is 5.56 Å². The van der Waals surface area contributed by atoms with Crippen molar-refractivity contribution < 1.29 is 22.7 Å². The largest absolute Gasteiger partial charge is 0.468 e. The van der Waals surface area contributed by atoms with Crippen molar-refractivity contribution in [2.75, 3.05) is 7.11 Å². The summed E-state index contributed by atoms with van der Waals surface area (Å²) in [6.45, 7) is 0. The van der Waals surface area contributed by atoms with E-state index in [4.69, 9.17) is 0 Å². The summed E-state index contributed by atoms with van der Waals surface area (Å²) in [5, 5.41) is 0.386. The molecule has 0 radical (unpaired) electrons. The van der Waals surface area contributed by atoms with E-state index in [1.165, 1.54) is 0 Å². The number of ether oxygens (including phenoxy) is 1. The Morgan fingerprint density at radius 2 is 1.64 bits per heavy atom.